The molecule has 0 radical (unpaired) electrons. The molecule has 0 saturated carbocycles. The van der Waals surface area contributed by atoms with Crippen LogP contribution in [-0.2, 0) is 16.6 Å². The third kappa shape index (κ3) is 1.53. The summed E-state index contributed by atoms with van der Waals surface area (Å²) in [4.78, 5) is 2.48. The van der Waals surface area contributed by atoms with Gasteiger partial charge in [0.2, 0.25) is 0 Å². The average Bonchev–Trinajstić information content (AvgIpc) is 2.94. The number of ether oxygens (including phenoxy) is 3. The van der Waals surface area contributed by atoms with Gasteiger partial charge in [0.25, 0.3) is 0 Å². The number of rotatable bonds is 3. The van der Waals surface area contributed by atoms with Crippen molar-refractivity contribution in [2.24, 2.45) is 0 Å². The Morgan fingerprint density at radius 1 is 1.33 bits per heavy atom. The van der Waals surface area contributed by atoms with Crippen LogP contribution < -0.4 is 9.47 Å². The van der Waals surface area contributed by atoms with Crippen molar-refractivity contribution in [2.45, 2.75) is 37.3 Å². The van der Waals surface area contributed by atoms with E-state index in [0.717, 1.165) is 36.6 Å². The summed E-state index contributed by atoms with van der Waals surface area (Å²) in [6.07, 6.45) is 6.47. The lowest BCUT2D eigenvalue weighted by molar-refractivity contribution is 0.0633. The molecule has 4 nitrogen and oxygen atoms in total. The van der Waals surface area contributed by atoms with Crippen LogP contribution in [-0.4, -0.2) is 44.4 Å². The quantitative estimate of drug-likeness (QED) is 0.855. The number of allylic oxidation sites excluding steroid dienone is 2. The first-order valence-corrected chi connectivity index (χ1v) is 8.83. The van der Waals surface area contributed by atoms with E-state index in [2.05, 4.69) is 36.2 Å². The normalized spacial score (nSPS) is 32.5. The van der Waals surface area contributed by atoms with Crippen molar-refractivity contribution in [3.8, 4) is 11.5 Å². The van der Waals surface area contributed by atoms with Gasteiger partial charge >= 0.3 is 0 Å². The van der Waals surface area contributed by atoms with E-state index < -0.39 is 0 Å². The minimum Gasteiger partial charge on any atom is -0.494 e. The van der Waals surface area contributed by atoms with Crippen LogP contribution in [0.3, 0.4) is 0 Å². The Balaban J connectivity index is 1.80. The van der Waals surface area contributed by atoms with Gasteiger partial charge in [-0.3, -0.25) is 4.90 Å². The molecule has 0 amide bonds. The van der Waals surface area contributed by atoms with Gasteiger partial charge in [-0.2, -0.15) is 0 Å². The zero-order valence-electron chi connectivity index (χ0n) is 14.5. The van der Waals surface area contributed by atoms with Gasteiger partial charge in [-0.1, -0.05) is 12.1 Å². The van der Waals surface area contributed by atoms with Crippen LogP contribution in [0.4, 0.5) is 0 Å². The van der Waals surface area contributed by atoms with Gasteiger partial charge in [0.1, 0.15) is 5.76 Å². The number of hydrogen-bond donors (Lipinski definition) is 0. The van der Waals surface area contributed by atoms with E-state index in [4.69, 9.17) is 14.2 Å². The monoisotopic (exact) mass is 325 g/mol. The van der Waals surface area contributed by atoms with E-state index >= 15 is 0 Å². The molecule has 3 atom stereocenters. The smallest absolute Gasteiger partial charge is 0.169 e. The van der Waals surface area contributed by atoms with Gasteiger partial charge in [0.05, 0.1) is 19.1 Å². The zero-order valence-corrected chi connectivity index (χ0v) is 14.5. The van der Waals surface area contributed by atoms with Crippen molar-refractivity contribution in [1.29, 1.82) is 0 Å². The molecule has 0 aromatic heterocycles. The minimum absolute atomic E-state index is 0.0565. The van der Waals surface area contributed by atoms with Crippen molar-refractivity contribution in [3.05, 3.63) is 46.7 Å². The topological polar surface area (TPSA) is 30.9 Å². The van der Waals surface area contributed by atoms with Crippen LogP contribution in [0.15, 0.2) is 35.6 Å². The Kier molecular flexibility index (Phi) is 2.88. The number of methoxy groups -OCH3 is 1. The summed E-state index contributed by atoms with van der Waals surface area (Å²) >= 11 is 0. The van der Waals surface area contributed by atoms with Gasteiger partial charge in [0.15, 0.2) is 17.6 Å². The molecule has 126 valence electrons. The van der Waals surface area contributed by atoms with E-state index in [1.54, 1.807) is 7.11 Å². The van der Waals surface area contributed by atoms with Crippen molar-refractivity contribution in [1.82, 2.24) is 4.90 Å². The number of likely N-dealkylation sites (N-methyl/N-ethyl adjacent to an activating group) is 1. The lowest BCUT2D eigenvalue weighted by Gasteiger charge is -2.52. The maximum absolute atomic E-state index is 6.52. The predicted molar refractivity (Wildman–Crippen MR) is 91.6 cm³/mol. The Morgan fingerprint density at radius 2 is 2.21 bits per heavy atom. The maximum atomic E-state index is 6.52. The van der Waals surface area contributed by atoms with Gasteiger partial charge in [-0.05, 0) is 56.6 Å². The highest BCUT2D eigenvalue weighted by atomic mass is 16.6. The van der Waals surface area contributed by atoms with Crippen LogP contribution in [0, 0.1) is 0 Å². The Hall–Kier alpha value is -1.94. The number of nitrogens with zero attached hydrogens (tertiary/aromatic N) is 1. The van der Waals surface area contributed by atoms with Crippen molar-refractivity contribution >= 4 is 0 Å². The molecule has 1 fully saturated rings. The molecule has 1 saturated heterocycles. The van der Waals surface area contributed by atoms with Crippen LogP contribution in [0.25, 0.3) is 0 Å². The SMILES string of the molecule is CCOC1=CC=C2[C@H]3Cc4ccc(OC)c5c4[C@@]2(CCN3C)[C@H]1O5. The summed E-state index contributed by atoms with van der Waals surface area (Å²) in [6, 6.07) is 4.74. The Bertz CT molecular complexity index is 781. The molecule has 24 heavy (non-hydrogen) atoms. The molecular weight excluding hydrogens is 302 g/mol. The fourth-order valence-electron chi connectivity index (χ4n) is 5.21. The first kappa shape index (κ1) is 14.4. The maximum Gasteiger partial charge on any atom is 0.169 e. The van der Waals surface area contributed by atoms with Gasteiger partial charge in [0, 0.05) is 11.6 Å². The fourth-order valence-corrected chi connectivity index (χ4v) is 5.21. The van der Waals surface area contributed by atoms with Crippen LogP contribution >= 0.6 is 0 Å². The number of piperidine rings is 1. The second kappa shape index (κ2) is 4.79. The molecule has 2 aliphatic heterocycles. The van der Waals surface area contributed by atoms with Gasteiger partial charge in [-0.15, -0.1) is 0 Å². The van der Waals surface area contributed by atoms with E-state index in [-0.39, 0.29) is 11.5 Å². The van der Waals surface area contributed by atoms with Crippen molar-refractivity contribution < 1.29 is 14.2 Å². The first-order chi connectivity index (χ1) is 11.7. The summed E-state index contributed by atoms with van der Waals surface area (Å²) in [5.41, 5.74) is 4.17. The molecule has 5 rings (SSSR count). The summed E-state index contributed by atoms with van der Waals surface area (Å²) in [5, 5.41) is 0. The molecule has 0 N–H and O–H groups in total. The number of hydrogen-bond acceptors (Lipinski definition) is 4. The predicted octanol–water partition coefficient (Wildman–Crippen LogP) is 2.81. The minimum atomic E-state index is -0.0755. The third-order valence-corrected chi connectivity index (χ3v) is 6.23. The molecule has 2 bridgehead atoms. The zero-order chi connectivity index (χ0) is 16.5. The molecule has 1 aromatic rings. The largest absolute Gasteiger partial charge is 0.494 e. The van der Waals surface area contributed by atoms with E-state index in [1.165, 1.54) is 16.7 Å². The second-order valence-electron chi connectivity index (χ2n) is 7.17. The standard InChI is InChI=1S/C20H23NO3/c1-4-23-16-8-6-13-14-11-12-5-7-15(22-3)18-17(12)20(13,19(16)24-18)9-10-21(14)2/h5-8,14,19H,4,9-11H2,1-3H3/t14-,19+,20+/m1/s1. The number of likely N-dealkylation sites (tertiary alicyclic amines) is 1. The summed E-state index contributed by atoms with van der Waals surface area (Å²) in [7, 11) is 3.96. The fraction of sp³-hybridized carbons (Fsp3) is 0.500. The summed E-state index contributed by atoms with van der Waals surface area (Å²) < 4.78 is 18.1. The highest BCUT2D eigenvalue weighted by Crippen LogP contribution is 2.62. The van der Waals surface area contributed by atoms with Crippen LogP contribution in [0.1, 0.15) is 24.5 Å². The molecule has 4 aliphatic rings. The molecule has 1 aromatic carbocycles. The van der Waals surface area contributed by atoms with E-state index in [0.29, 0.717) is 12.6 Å². The average molecular weight is 325 g/mol. The molecule has 0 unspecified atom stereocenters. The van der Waals surface area contributed by atoms with Crippen molar-refractivity contribution in [3.63, 3.8) is 0 Å². The summed E-state index contributed by atoms with van der Waals surface area (Å²) in [6.45, 7) is 3.77. The van der Waals surface area contributed by atoms with Crippen LogP contribution in [0.2, 0.25) is 0 Å². The van der Waals surface area contributed by atoms with Crippen LogP contribution in [0.5, 0.6) is 11.5 Å². The number of benzene rings is 1. The molecule has 2 heterocycles. The van der Waals surface area contributed by atoms with Crippen molar-refractivity contribution in [2.75, 3.05) is 27.3 Å². The highest BCUT2D eigenvalue weighted by Gasteiger charge is 2.62. The molecule has 1 spiro atoms. The molecule has 2 aliphatic carbocycles. The molecular formula is C20H23NO3. The summed E-state index contributed by atoms with van der Waals surface area (Å²) in [5.74, 6) is 2.72. The molecule has 4 heteroatoms. The van der Waals surface area contributed by atoms with Gasteiger partial charge in [-0.25, -0.2) is 0 Å². The lowest BCUT2D eigenvalue weighted by atomic mass is 9.57. The Labute approximate surface area is 142 Å². The van der Waals surface area contributed by atoms with Gasteiger partial charge < -0.3 is 14.2 Å². The van der Waals surface area contributed by atoms with E-state index in [1.807, 2.05) is 6.92 Å². The Morgan fingerprint density at radius 3 is 3.00 bits per heavy atom. The third-order valence-electron chi connectivity index (χ3n) is 6.23. The van der Waals surface area contributed by atoms with E-state index in [9.17, 15) is 0 Å². The lowest BCUT2D eigenvalue weighted by Crippen LogP contribution is -2.58. The second-order valence-corrected chi connectivity index (χ2v) is 7.17. The highest BCUT2D eigenvalue weighted by molar-refractivity contribution is 5.67. The first-order valence-electron chi connectivity index (χ1n) is 8.83.